The van der Waals surface area contributed by atoms with Crippen LogP contribution in [0.4, 0.5) is 0 Å². The number of nitrogens with zero attached hydrogens (tertiary/aromatic N) is 2. The Labute approximate surface area is 128 Å². The van der Waals surface area contributed by atoms with Crippen LogP contribution in [0, 0.1) is 0 Å². The highest BCUT2D eigenvalue weighted by Crippen LogP contribution is 2.15. The van der Waals surface area contributed by atoms with Crippen LogP contribution in [0.1, 0.15) is 50.0 Å². The summed E-state index contributed by atoms with van der Waals surface area (Å²) >= 11 is 0. The Morgan fingerprint density at radius 1 is 1.00 bits per heavy atom. The van der Waals surface area contributed by atoms with Gasteiger partial charge in [-0.3, -0.25) is 0 Å². The number of aryl methyl sites for hydroxylation is 2. The van der Waals surface area contributed by atoms with E-state index in [9.17, 15) is 8.42 Å². The van der Waals surface area contributed by atoms with Crippen molar-refractivity contribution in [1.82, 2.24) is 15.3 Å². The van der Waals surface area contributed by atoms with E-state index in [0.29, 0.717) is 5.82 Å². The Hall–Kier alpha value is -1.01. The number of rotatable bonds is 9. The van der Waals surface area contributed by atoms with Crippen molar-refractivity contribution in [2.75, 3.05) is 19.3 Å². The van der Waals surface area contributed by atoms with Crippen LogP contribution in [-0.4, -0.2) is 37.7 Å². The van der Waals surface area contributed by atoms with E-state index in [1.807, 2.05) is 0 Å². The number of sulfone groups is 1. The first kappa shape index (κ1) is 18.0. The molecule has 0 aliphatic carbocycles. The van der Waals surface area contributed by atoms with Gasteiger partial charge in [-0.1, -0.05) is 20.8 Å². The van der Waals surface area contributed by atoms with Crippen molar-refractivity contribution in [1.29, 1.82) is 0 Å². The highest BCUT2D eigenvalue weighted by Gasteiger charge is 2.15. The van der Waals surface area contributed by atoms with E-state index in [0.717, 1.165) is 50.2 Å². The normalized spacial score (nSPS) is 11.8. The average molecular weight is 313 g/mol. The zero-order chi connectivity index (χ0) is 15.9. The van der Waals surface area contributed by atoms with Gasteiger partial charge < -0.3 is 5.32 Å². The van der Waals surface area contributed by atoms with Crippen LogP contribution in [-0.2, 0) is 34.9 Å². The van der Waals surface area contributed by atoms with Crippen LogP contribution in [0.25, 0.3) is 0 Å². The molecule has 0 fully saturated rings. The first-order valence-electron chi connectivity index (χ1n) is 7.67. The van der Waals surface area contributed by atoms with Crippen LogP contribution in [0.15, 0.2) is 0 Å². The van der Waals surface area contributed by atoms with Crippen LogP contribution in [0.3, 0.4) is 0 Å². The van der Waals surface area contributed by atoms with E-state index in [2.05, 4.69) is 36.1 Å². The van der Waals surface area contributed by atoms with Gasteiger partial charge in [-0.05, 0) is 44.3 Å². The van der Waals surface area contributed by atoms with Gasteiger partial charge in [0, 0.05) is 17.6 Å². The SMILES string of the molecule is CCCNCCc1c(CC)nc(CS(C)(=O)=O)nc1CC. The number of hydrogen-bond acceptors (Lipinski definition) is 5. The summed E-state index contributed by atoms with van der Waals surface area (Å²) in [6.45, 7) is 8.16. The van der Waals surface area contributed by atoms with E-state index >= 15 is 0 Å². The molecule has 0 saturated carbocycles. The Balaban J connectivity index is 3.01. The van der Waals surface area contributed by atoms with Gasteiger partial charge in [0.1, 0.15) is 11.6 Å². The highest BCUT2D eigenvalue weighted by molar-refractivity contribution is 7.89. The minimum Gasteiger partial charge on any atom is -0.316 e. The van der Waals surface area contributed by atoms with Gasteiger partial charge in [0.2, 0.25) is 0 Å². The van der Waals surface area contributed by atoms with E-state index in [4.69, 9.17) is 0 Å². The monoisotopic (exact) mass is 313 g/mol. The number of hydrogen-bond donors (Lipinski definition) is 1. The van der Waals surface area contributed by atoms with E-state index in [-0.39, 0.29) is 5.75 Å². The molecule has 0 aliphatic rings. The topological polar surface area (TPSA) is 72.0 Å². The predicted octanol–water partition coefficient (Wildman–Crippen LogP) is 1.69. The minimum atomic E-state index is -3.10. The van der Waals surface area contributed by atoms with E-state index < -0.39 is 9.84 Å². The maximum absolute atomic E-state index is 11.4. The van der Waals surface area contributed by atoms with Crippen LogP contribution >= 0.6 is 0 Å². The van der Waals surface area contributed by atoms with Gasteiger partial charge in [0.05, 0.1) is 0 Å². The Morgan fingerprint density at radius 2 is 1.57 bits per heavy atom. The Kier molecular flexibility index (Phi) is 7.25. The van der Waals surface area contributed by atoms with Gasteiger partial charge in [0.25, 0.3) is 0 Å². The van der Waals surface area contributed by atoms with Gasteiger partial charge >= 0.3 is 0 Å². The second-order valence-corrected chi connectivity index (χ2v) is 7.43. The molecule has 0 radical (unpaired) electrons. The molecule has 0 aliphatic heterocycles. The van der Waals surface area contributed by atoms with Crippen molar-refractivity contribution in [3.05, 3.63) is 22.8 Å². The Bertz CT molecular complexity index is 531. The van der Waals surface area contributed by atoms with Crippen LogP contribution in [0.2, 0.25) is 0 Å². The summed E-state index contributed by atoms with van der Waals surface area (Å²) in [6.07, 6.45) is 4.83. The molecule has 0 bridgehead atoms. The van der Waals surface area contributed by atoms with Crippen molar-refractivity contribution in [3.63, 3.8) is 0 Å². The fourth-order valence-electron chi connectivity index (χ4n) is 2.33. The molecule has 1 heterocycles. The van der Waals surface area contributed by atoms with Crippen molar-refractivity contribution in [2.24, 2.45) is 0 Å². The summed E-state index contributed by atoms with van der Waals surface area (Å²) in [5.41, 5.74) is 3.15. The first-order chi connectivity index (χ1) is 9.91. The summed E-state index contributed by atoms with van der Waals surface area (Å²) in [4.78, 5) is 8.93. The fourth-order valence-corrected chi connectivity index (χ4v) is 2.92. The molecular weight excluding hydrogens is 286 g/mol. The second-order valence-electron chi connectivity index (χ2n) is 5.29. The van der Waals surface area contributed by atoms with Crippen LogP contribution < -0.4 is 5.32 Å². The standard InChI is InChI=1S/C15H27N3O2S/c1-5-9-16-10-8-12-13(6-2)17-15(11-21(4,19)20)18-14(12)7-3/h16H,5-11H2,1-4H3. The smallest absolute Gasteiger partial charge is 0.154 e. The molecule has 0 aromatic carbocycles. The molecule has 0 saturated heterocycles. The van der Waals surface area contributed by atoms with E-state index in [1.165, 1.54) is 11.8 Å². The van der Waals surface area contributed by atoms with Crippen molar-refractivity contribution < 1.29 is 8.42 Å². The summed E-state index contributed by atoms with van der Waals surface area (Å²) in [7, 11) is -3.10. The molecule has 0 amide bonds. The molecule has 0 spiro atoms. The zero-order valence-electron chi connectivity index (χ0n) is 13.6. The molecule has 5 nitrogen and oxygen atoms in total. The number of aromatic nitrogens is 2. The summed E-state index contributed by atoms with van der Waals surface area (Å²) in [6, 6.07) is 0. The molecule has 0 unspecified atom stereocenters. The summed E-state index contributed by atoms with van der Waals surface area (Å²) in [5, 5.41) is 3.39. The fraction of sp³-hybridized carbons (Fsp3) is 0.733. The highest BCUT2D eigenvalue weighted by atomic mass is 32.2. The zero-order valence-corrected chi connectivity index (χ0v) is 14.4. The maximum Gasteiger partial charge on any atom is 0.154 e. The molecule has 1 rings (SSSR count). The molecule has 0 atom stereocenters. The third kappa shape index (κ3) is 6.09. The minimum absolute atomic E-state index is 0.0820. The lowest BCUT2D eigenvalue weighted by atomic mass is 10.0. The van der Waals surface area contributed by atoms with Gasteiger partial charge in [0.15, 0.2) is 9.84 Å². The molecule has 21 heavy (non-hydrogen) atoms. The van der Waals surface area contributed by atoms with Crippen molar-refractivity contribution in [2.45, 2.75) is 52.2 Å². The molecule has 6 heteroatoms. The van der Waals surface area contributed by atoms with Gasteiger partial charge in [-0.15, -0.1) is 0 Å². The molecular formula is C15H27N3O2S. The lowest BCUT2D eigenvalue weighted by molar-refractivity contribution is 0.599. The molecule has 120 valence electrons. The number of nitrogens with one attached hydrogen (secondary N) is 1. The Morgan fingerprint density at radius 3 is 2.00 bits per heavy atom. The summed E-state index contributed by atoms with van der Waals surface area (Å²) in [5.74, 6) is 0.345. The summed E-state index contributed by atoms with van der Waals surface area (Å²) < 4.78 is 22.9. The largest absolute Gasteiger partial charge is 0.316 e. The van der Waals surface area contributed by atoms with Gasteiger partial charge in [-0.2, -0.15) is 0 Å². The maximum atomic E-state index is 11.4. The molecule has 1 N–H and O–H groups in total. The third-order valence-electron chi connectivity index (χ3n) is 3.26. The second kappa shape index (κ2) is 8.44. The lowest BCUT2D eigenvalue weighted by Crippen LogP contribution is -2.20. The molecule has 1 aromatic heterocycles. The first-order valence-corrected chi connectivity index (χ1v) is 9.73. The molecule has 1 aromatic rings. The lowest BCUT2D eigenvalue weighted by Gasteiger charge is -2.14. The quantitative estimate of drug-likeness (QED) is 0.702. The average Bonchev–Trinajstić information content (AvgIpc) is 2.42. The van der Waals surface area contributed by atoms with Gasteiger partial charge in [-0.25, -0.2) is 18.4 Å². The van der Waals surface area contributed by atoms with Crippen molar-refractivity contribution >= 4 is 9.84 Å². The van der Waals surface area contributed by atoms with Crippen LogP contribution in [0.5, 0.6) is 0 Å². The van der Waals surface area contributed by atoms with E-state index in [1.54, 1.807) is 0 Å². The predicted molar refractivity (Wildman–Crippen MR) is 86.2 cm³/mol. The third-order valence-corrected chi connectivity index (χ3v) is 4.05. The van der Waals surface area contributed by atoms with Crippen molar-refractivity contribution in [3.8, 4) is 0 Å².